The second-order valence-corrected chi connectivity index (χ2v) is 10.5. The zero-order valence-electron chi connectivity index (χ0n) is 18.5. The molecule has 0 aliphatic carbocycles. The van der Waals surface area contributed by atoms with Gasteiger partial charge in [0.25, 0.3) is 0 Å². The zero-order chi connectivity index (χ0) is 24.8. The van der Waals surface area contributed by atoms with E-state index >= 15 is 0 Å². The standard InChI is InChI=1S/C22H26Cl3N3O4S/c1-4-12-26-22(30)15(2)27(13-16-17(23)9-7-10-18(16)24)21(29)14-28(33(3,31)32)20-11-6-5-8-19(20)25/h5-11,15H,4,12-14H2,1-3H3,(H,26,30)/t15-/m1/s1. The van der Waals surface area contributed by atoms with Gasteiger partial charge >= 0.3 is 0 Å². The minimum absolute atomic E-state index is 0.0851. The van der Waals surface area contributed by atoms with Gasteiger partial charge in [0.15, 0.2) is 0 Å². The van der Waals surface area contributed by atoms with Crippen LogP contribution in [0.1, 0.15) is 25.8 Å². The van der Waals surface area contributed by atoms with Crippen LogP contribution in [0, 0.1) is 0 Å². The van der Waals surface area contributed by atoms with Gasteiger partial charge in [0.05, 0.1) is 17.0 Å². The molecular formula is C22H26Cl3N3O4S. The lowest BCUT2D eigenvalue weighted by atomic mass is 10.1. The molecule has 0 aliphatic rings. The molecule has 0 saturated heterocycles. The Morgan fingerprint density at radius 1 is 1.00 bits per heavy atom. The second-order valence-electron chi connectivity index (χ2n) is 7.41. The van der Waals surface area contributed by atoms with Crippen molar-refractivity contribution in [2.24, 2.45) is 0 Å². The Bertz CT molecular complexity index is 1090. The smallest absolute Gasteiger partial charge is 0.244 e. The van der Waals surface area contributed by atoms with E-state index in [2.05, 4.69) is 5.32 Å². The zero-order valence-corrected chi connectivity index (χ0v) is 21.6. The highest BCUT2D eigenvalue weighted by Gasteiger charge is 2.31. The van der Waals surface area contributed by atoms with Gasteiger partial charge in [0.2, 0.25) is 21.8 Å². The Balaban J connectivity index is 2.45. The van der Waals surface area contributed by atoms with E-state index in [-0.39, 0.29) is 23.2 Å². The summed E-state index contributed by atoms with van der Waals surface area (Å²) in [6.45, 7) is 3.26. The van der Waals surface area contributed by atoms with Crippen molar-refractivity contribution in [1.82, 2.24) is 10.2 Å². The van der Waals surface area contributed by atoms with Gasteiger partial charge in [-0.25, -0.2) is 8.42 Å². The minimum atomic E-state index is -3.87. The van der Waals surface area contributed by atoms with Crippen LogP contribution in [-0.4, -0.2) is 50.5 Å². The number of benzene rings is 2. The number of hydrogen-bond acceptors (Lipinski definition) is 4. The summed E-state index contributed by atoms with van der Waals surface area (Å²) in [5.74, 6) is -0.993. The fourth-order valence-corrected chi connectivity index (χ4v) is 4.75. The molecule has 0 radical (unpaired) electrons. The number of halogens is 3. The number of carbonyl (C=O) groups is 2. The van der Waals surface area contributed by atoms with Crippen LogP contribution in [0.4, 0.5) is 5.69 Å². The van der Waals surface area contributed by atoms with Crippen molar-refractivity contribution in [2.45, 2.75) is 32.9 Å². The summed E-state index contributed by atoms with van der Waals surface area (Å²) in [4.78, 5) is 27.4. The Morgan fingerprint density at radius 3 is 2.12 bits per heavy atom. The number of amides is 2. The van der Waals surface area contributed by atoms with Crippen LogP contribution >= 0.6 is 34.8 Å². The van der Waals surface area contributed by atoms with Gasteiger partial charge in [-0.15, -0.1) is 0 Å². The van der Waals surface area contributed by atoms with Crippen molar-refractivity contribution < 1.29 is 18.0 Å². The maximum absolute atomic E-state index is 13.4. The van der Waals surface area contributed by atoms with E-state index in [4.69, 9.17) is 34.8 Å². The third-order valence-corrected chi connectivity index (χ3v) is 7.06. The highest BCUT2D eigenvalue weighted by atomic mass is 35.5. The van der Waals surface area contributed by atoms with Crippen LogP contribution in [0.25, 0.3) is 0 Å². The van der Waals surface area contributed by atoms with Gasteiger partial charge in [-0.3, -0.25) is 13.9 Å². The molecule has 0 aromatic heterocycles. The van der Waals surface area contributed by atoms with Gasteiger partial charge in [0.1, 0.15) is 12.6 Å². The summed E-state index contributed by atoms with van der Waals surface area (Å²) in [6.07, 6.45) is 1.70. The molecule has 180 valence electrons. The molecule has 1 atom stereocenters. The molecule has 0 saturated carbocycles. The van der Waals surface area contributed by atoms with Crippen LogP contribution < -0.4 is 9.62 Å². The lowest BCUT2D eigenvalue weighted by Gasteiger charge is -2.32. The van der Waals surface area contributed by atoms with E-state index < -0.39 is 28.5 Å². The molecule has 1 N–H and O–H groups in total. The van der Waals surface area contributed by atoms with Gasteiger partial charge in [-0.1, -0.05) is 59.9 Å². The Morgan fingerprint density at radius 2 is 1.58 bits per heavy atom. The first kappa shape index (κ1) is 27.2. The van der Waals surface area contributed by atoms with E-state index in [1.54, 1.807) is 37.3 Å². The van der Waals surface area contributed by atoms with Crippen molar-refractivity contribution in [2.75, 3.05) is 23.7 Å². The van der Waals surface area contributed by atoms with Crippen molar-refractivity contribution in [3.8, 4) is 0 Å². The van der Waals surface area contributed by atoms with E-state index in [1.807, 2.05) is 6.92 Å². The molecule has 2 aromatic rings. The van der Waals surface area contributed by atoms with Crippen LogP contribution in [0.2, 0.25) is 15.1 Å². The maximum atomic E-state index is 13.4. The maximum Gasteiger partial charge on any atom is 0.244 e. The van der Waals surface area contributed by atoms with Crippen molar-refractivity contribution in [3.63, 3.8) is 0 Å². The normalized spacial score (nSPS) is 12.2. The molecule has 2 rings (SSSR count). The fourth-order valence-electron chi connectivity index (χ4n) is 3.08. The van der Waals surface area contributed by atoms with Gasteiger partial charge in [0, 0.05) is 28.7 Å². The second kappa shape index (κ2) is 11.9. The summed E-state index contributed by atoms with van der Waals surface area (Å²) < 4.78 is 26.0. The third kappa shape index (κ3) is 7.24. The number of nitrogens with zero attached hydrogens (tertiary/aromatic N) is 2. The van der Waals surface area contributed by atoms with Crippen LogP contribution in [0.5, 0.6) is 0 Å². The predicted octanol–water partition coefficient (Wildman–Crippen LogP) is 4.36. The van der Waals surface area contributed by atoms with Crippen molar-refractivity contribution >= 4 is 62.3 Å². The lowest BCUT2D eigenvalue weighted by Crippen LogP contribution is -2.51. The summed E-state index contributed by atoms with van der Waals surface area (Å²) in [7, 11) is -3.87. The van der Waals surface area contributed by atoms with Crippen LogP contribution in [0.15, 0.2) is 42.5 Å². The quantitative estimate of drug-likeness (QED) is 0.491. The van der Waals surface area contributed by atoms with E-state index in [0.717, 1.165) is 17.0 Å². The van der Waals surface area contributed by atoms with E-state index in [1.165, 1.54) is 17.0 Å². The van der Waals surface area contributed by atoms with E-state index in [9.17, 15) is 18.0 Å². The molecule has 0 fully saturated rings. The first-order valence-electron chi connectivity index (χ1n) is 10.2. The number of nitrogens with one attached hydrogen (secondary N) is 1. The number of para-hydroxylation sites is 1. The SMILES string of the molecule is CCCNC(=O)[C@@H](C)N(Cc1c(Cl)cccc1Cl)C(=O)CN(c1ccccc1Cl)S(C)(=O)=O. The lowest BCUT2D eigenvalue weighted by molar-refractivity contribution is -0.139. The Labute approximate surface area is 209 Å². The molecule has 2 amide bonds. The minimum Gasteiger partial charge on any atom is -0.354 e. The largest absolute Gasteiger partial charge is 0.354 e. The molecule has 0 bridgehead atoms. The Hall–Kier alpha value is -2.00. The molecular weight excluding hydrogens is 509 g/mol. The average Bonchev–Trinajstić information content (AvgIpc) is 2.75. The molecule has 0 unspecified atom stereocenters. The Kier molecular flexibility index (Phi) is 9.84. The van der Waals surface area contributed by atoms with Crippen LogP contribution in [0.3, 0.4) is 0 Å². The number of anilines is 1. The summed E-state index contributed by atoms with van der Waals surface area (Å²) >= 11 is 18.8. The third-order valence-electron chi connectivity index (χ3n) is 4.91. The highest BCUT2D eigenvalue weighted by molar-refractivity contribution is 7.92. The first-order chi connectivity index (χ1) is 15.5. The molecule has 0 heterocycles. The van der Waals surface area contributed by atoms with Gasteiger partial charge in [-0.05, 0) is 37.6 Å². The predicted molar refractivity (Wildman–Crippen MR) is 133 cm³/mol. The first-order valence-corrected chi connectivity index (χ1v) is 13.2. The highest BCUT2D eigenvalue weighted by Crippen LogP contribution is 2.29. The van der Waals surface area contributed by atoms with Gasteiger partial charge in [-0.2, -0.15) is 0 Å². The molecule has 0 spiro atoms. The number of hydrogen-bond donors (Lipinski definition) is 1. The monoisotopic (exact) mass is 533 g/mol. The molecule has 11 heteroatoms. The molecule has 2 aromatic carbocycles. The number of rotatable bonds is 10. The summed E-state index contributed by atoms with van der Waals surface area (Å²) in [5, 5.41) is 3.58. The number of sulfonamides is 1. The van der Waals surface area contributed by atoms with Crippen molar-refractivity contribution in [1.29, 1.82) is 0 Å². The molecule has 33 heavy (non-hydrogen) atoms. The topological polar surface area (TPSA) is 86.8 Å². The molecule has 7 nitrogen and oxygen atoms in total. The molecule has 0 aliphatic heterocycles. The van der Waals surface area contributed by atoms with Crippen LogP contribution in [-0.2, 0) is 26.2 Å². The summed E-state index contributed by atoms with van der Waals surface area (Å²) in [6, 6.07) is 10.3. The number of carbonyl (C=O) groups excluding carboxylic acids is 2. The fraction of sp³-hybridized carbons (Fsp3) is 0.364. The van der Waals surface area contributed by atoms with Gasteiger partial charge < -0.3 is 10.2 Å². The van der Waals surface area contributed by atoms with Crippen molar-refractivity contribution in [3.05, 3.63) is 63.1 Å². The summed E-state index contributed by atoms with van der Waals surface area (Å²) in [5.41, 5.74) is 0.613. The average molecular weight is 535 g/mol. The van der Waals surface area contributed by atoms with E-state index in [0.29, 0.717) is 22.2 Å².